The van der Waals surface area contributed by atoms with Crippen LogP contribution in [0.1, 0.15) is 16.7 Å². The van der Waals surface area contributed by atoms with Crippen molar-refractivity contribution in [1.82, 2.24) is 10.4 Å². The van der Waals surface area contributed by atoms with Crippen LogP contribution in [0.25, 0.3) is 28.1 Å². The molecule has 4 N–H and O–H groups in total. The van der Waals surface area contributed by atoms with Crippen LogP contribution in [0.2, 0.25) is 0 Å². The fraction of sp³-hybridized carbons (Fsp3) is 0.0870. The Morgan fingerprint density at radius 2 is 2.07 bits per heavy atom. The van der Waals surface area contributed by atoms with Crippen LogP contribution in [0, 0.1) is 13.8 Å². The number of aryl methyl sites for hydroxylation is 2. The summed E-state index contributed by atoms with van der Waals surface area (Å²) in [6.07, 6.45) is 6.80. The molecule has 2 aromatic carbocycles. The van der Waals surface area contributed by atoms with Gasteiger partial charge in [-0.1, -0.05) is 18.2 Å². The molecule has 4 aromatic rings. The number of fused-ring (bicyclic) bond motifs is 1. The lowest BCUT2D eigenvalue weighted by molar-refractivity contribution is -0.119. The second kappa shape index (κ2) is 7.69. The van der Waals surface area contributed by atoms with Gasteiger partial charge in [0.05, 0.1) is 12.5 Å². The van der Waals surface area contributed by atoms with Gasteiger partial charge in [-0.25, -0.2) is 5.84 Å². The normalized spacial score (nSPS) is 11.6. The number of hydrogen-bond donors (Lipinski definition) is 3. The number of carbonyl (C=O) groups is 1. The Bertz CT molecular complexity index is 1200. The summed E-state index contributed by atoms with van der Waals surface area (Å²) in [7, 11) is 0. The zero-order chi connectivity index (χ0) is 20.4. The molecule has 0 fully saturated rings. The molecular formula is C23H21N3O3. The van der Waals surface area contributed by atoms with Crippen LogP contribution in [0.4, 0.5) is 0 Å². The van der Waals surface area contributed by atoms with Crippen molar-refractivity contribution in [3.05, 3.63) is 83.6 Å². The van der Waals surface area contributed by atoms with Crippen molar-refractivity contribution >= 4 is 22.9 Å². The average Bonchev–Trinajstić information content (AvgIpc) is 3.40. The summed E-state index contributed by atoms with van der Waals surface area (Å²) in [5, 5.41) is 0.981. The van der Waals surface area contributed by atoms with E-state index in [2.05, 4.69) is 10.4 Å². The number of nitrogens with one attached hydrogen (secondary N) is 2. The summed E-state index contributed by atoms with van der Waals surface area (Å²) < 4.78 is 11.4. The van der Waals surface area contributed by atoms with Crippen molar-refractivity contribution in [2.24, 2.45) is 5.84 Å². The van der Waals surface area contributed by atoms with E-state index in [9.17, 15) is 4.79 Å². The maximum absolute atomic E-state index is 12.5. The predicted octanol–water partition coefficient (Wildman–Crippen LogP) is 4.45. The highest BCUT2D eigenvalue weighted by Crippen LogP contribution is 2.36. The van der Waals surface area contributed by atoms with E-state index in [0.717, 1.165) is 38.7 Å². The highest BCUT2D eigenvalue weighted by Gasteiger charge is 2.18. The summed E-state index contributed by atoms with van der Waals surface area (Å²) in [6, 6.07) is 13.6. The fourth-order valence-corrected chi connectivity index (χ4v) is 3.42. The number of nitrogens with two attached hydrogens (primary N) is 1. The van der Waals surface area contributed by atoms with Crippen LogP contribution in [0.5, 0.6) is 5.75 Å². The quantitative estimate of drug-likeness (QED) is 0.155. The van der Waals surface area contributed by atoms with Gasteiger partial charge >= 0.3 is 5.91 Å². The topological polar surface area (TPSA) is 93.3 Å². The van der Waals surface area contributed by atoms with Gasteiger partial charge in [-0.15, -0.1) is 0 Å². The number of benzene rings is 2. The first-order valence-corrected chi connectivity index (χ1v) is 9.17. The second-order valence-electron chi connectivity index (χ2n) is 6.84. The number of hydrazine groups is 1. The number of aromatic nitrogens is 1. The summed E-state index contributed by atoms with van der Waals surface area (Å²) in [5.74, 6) is 5.58. The molecule has 0 unspecified atom stereocenters. The lowest BCUT2D eigenvalue weighted by atomic mass is 10.0. The van der Waals surface area contributed by atoms with E-state index in [0.29, 0.717) is 5.75 Å². The first-order valence-electron chi connectivity index (χ1n) is 9.17. The van der Waals surface area contributed by atoms with Crippen molar-refractivity contribution in [3.8, 4) is 16.9 Å². The molecule has 0 bridgehead atoms. The lowest BCUT2D eigenvalue weighted by Gasteiger charge is -2.16. The Kier molecular flexibility index (Phi) is 4.93. The molecule has 0 aliphatic rings. The average molecular weight is 387 g/mol. The number of amides is 1. The largest absolute Gasteiger partial charge is 0.472 e. The Balaban J connectivity index is 1.83. The van der Waals surface area contributed by atoms with Crippen LogP contribution in [0.3, 0.4) is 0 Å². The first-order chi connectivity index (χ1) is 14.1. The third-order valence-electron chi connectivity index (χ3n) is 4.73. The third-order valence-corrected chi connectivity index (χ3v) is 4.73. The third kappa shape index (κ3) is 3.66. The van der Waals surface area contributed by atoms with Gasteiger partial charge in [0.25, 0.3) is 0 Å². The van der Waals surface area contributed by atoms with E-state index in [1.807, 2.05) is 62.5 Å². The smallest absolute Gasteiger partial charge is 0.300 e. The maximum Gasteiger partial charge on any atom is 0.300 e. The zero-order valence-corrected chi connectivity index (χ0v) is 16.2. The SMILES string of the molecule is Cc1cc(C)c(OC(=Cc2cccc3[nH]ccc23)C(=O)NN)c(-c2ccoc2)c1. The lowest BCUT2D eigenvalue weighted by Crippen LogP contribution is -2.33. The van der Waals surface area contributed by atoms with Crippen molar-refractivity contribution < 1.29 is 13.9 Å². The van der Waals surface area contributed by atoms with Crippen LogP contribution < -0.4 is 16.0 Å². The van der Waals surface area contributed by atoms with Gasteiger partial charge in [0.15, 0.2) is 5.76 Å². The Hall–Kier alpha value is -3.77. The number of hydrogen-bond acceptors (Lipinski definition) is 4. The van der Waals surface area contributed by atoms with Crippen LogP contribution >= 0.6 is 0 Å². The number of ether oxygens (including phenoxy) is 1. The molecule has 29 heavy (non-hydrogen) atoms. The Morgan fingerprint density at radius 3 is 2.83 bits per heavy atom. The molecule has 0 aliphatic heterocycles. The molecular weight excluding hydrogens is 366 g/mol. The highest BCUT2D eigenvalue weighted by atomic mass is 16.5. The first kappa shape index (κ1) is 18.6. The number of carbonyl (C=O) groups excluding carboxylic acids is 1. The van der Waals surface area contributed by atoms with Crippen molar-refractivity contribution in [3.63, 3.8) is 0 Å². The summed E-state index contributed by atoms with van der Waals surface area (Å²) >= 11 is 0. The monoisotopic (exact) mass is 387 g/mol. The molecule has 0 spiro atoms. The van der Waals surface area contributed by atoms with E-state index >= 15 is 0 Å². The Morgan fingerprint density at radius 1 is 1.21 bits per heavy atom. The van der Waals surface area contributed by atoms with Gasteiger partial charge in [-0.2, -0.15) is 0 Å². The summed E-state index contributed by atoms with van der Waals surface area (Å²) in [5.41, 5.74) is 7.68. The molecule has 0 aliphatic carbocycles. The molecule has 2 aromatic heterocycles. The van der Waals surface area contributed by atoms with Gasteiger partial charge in [-0.05, 0) is 60.9 Å². The van der Waals surface area contributed by atoms with Crippen LogP contribution in [-0.2, 0) is 4.79 Å². The number of aromatic amines is 1. The Labute approximate surface area is 168 Å². The zero-order valence-electron chi connectivity index (χ0n) is 16.2. The van der Waals surface area contributed by atoms with Gasteiger partial charge in [0, 0.05) is 28.2 Å². The summed E-state index contributed by atoms with van der Waals surface area (Å²) in [6.45, 7) is 3.95. The van der Waals surface area contributed by atoms with E-state index in [4.69, 9.17) is 15.0 Å². The van der Waals surface area contributed by atoms with Crippen LogP contribution in [-0.4, -0.2) is 10.9 Å². The van der Waals surface area contributed by atoms with E-state index in [1.165, 1.54) is 0 Å². The summed E-state index contributed by atoms with van der Waals surface area (Å²) in [4.78, 5) is 15.7. The van der Waals surface area contributed by atoms with Crippen molar-refractivity contribution in [1.29, 1.82) is 0 Å². The standard InChI is InChI=1S/C23H21N3O3/c1-14-10-15(2)22(19(11-14)17-7-9-28-13-17)29-21(23(27)26-24)12-16-4-3-5-20-18(16)6-8-25-20/h3-13,25H,24H2,1-2H3,(H,26,27). The van der Waals surface area contributed by atoms with E-state index in [1.54, 1.807) is 18.6 Å². The van der Waals surface area contributed by atoms with Gasteiger partial charge in [0.1, 0.15) is 5.75 Å². The van der Waals surface area contributed by atoms with E-state index < -0.39 is 5.91 Å². The molecule has 0 saturated carbocycles. The van der Waals surface area contributed by atoms with E-state index in [-0.39, 0.29) is 5.76 Å². The number of rotatable bonds is 5. The minimum Gasteiger partial charge on any atom is -0.472 e. The van der Waals surface area contributed by atoms with Crippen molar-refractivity contribution in [2.45, 2.75) is 13.8 Å². The molecule has 0 atom stereocenters. The minimum absolute atomic E-state index is 0.0953. The molecule has 0 radical (unpaired) electrons. The van der Waals surface area contributed by atoms with Crippen LogP contribution in [0.15, 0.2) is 71.4 Å². The number of furan rings is 1. The molecule has 4 rings (SSSR count). The highest BCUT2D eigenvalue weighted by molar-refractivity contribution is 5.99. The maximum atomic E-state index is 12.5. The molecule has 146 valence electrons. The molecule has 2 heterocycles. The second-order valence-corrected chi connectivity index (χ2v) is 6.84. The molecule has 6 heteroatoms. The fourth-order valence-electron chi connectivity index (χ4n) is 3.42. The molecule has 1 amide bonds. The minimum atomic E-state index is -0.518. The molecule has 0 saturated heterocycles. The van der Waals surface area contributed by atoms with Crippen molar-refractivity contribution in [2.75, 3.05) is 0 Å². The number of H-pyrrole nitrogens is 1. The van der Waals surface area contributed by atoms with Gasteiger partial charge in [0.2, 0.25) is 0 Å². The predicted molar refractivity (Wildman–Crippen MR) is 113 cm³/mol. The molecule has 6 nitrogen and oxygen atoms in total. The van der Waals surface area contributed by atoms with Gasteiger partial charge in [-0.3, -0.25) is 10.2 Å². The van der Waals surface area contributed by atoms with Gasteiger partial charge < -0.3 is 14.1 Å².